The van der Waals surface area contributed by atoms with E-state index in [0.29, 0.717) is 11.3 Å². The fourth-order valence-corrected chi connectivity index (χ4v) is 3.59. The number of nitrogens with two attached hydrogens (primary N) is 1. The number of nitrogens with zero attached hydrogens (tertiary/aromatic N) is 1. The second-order valence-electron chi connectivity index (χ2n) is 7.05. The zero-order valence-corrected chi connectivity index (χ0v) is 18.3. The van der Waals surface area contributed by atoms with Crippen molar-refractivity contribution in [2.75, 3.05) is 18.6 Å². The highest BCUT2D eigenvalue weighted by atomic mass is 32.2. The maximum atomic E-state index is 12.9. The number of carbonyl (C=O) groups excluding carboxylic acids is 4. The number of aliphatic carboxylic acids is 1. The highest BCUT2D eigenvalue weighted by molar-refractivity contribution is 7.98. The van der Waals surface area contributed by atoms with Crippen molar-refractivity contribution in [3.63, 3.8) is 0 Å². The zero-order valence-electron chi connectivity index (χ0n) is 17.5. The molecular weight excluding hydrogens is 440 g/mol. The van der Waals surface area contributed by atoms with Gasteiger partial charge in [-0.1, -0.05) is 30.3 Å². The Morgan fingerprint density at radius 3 is 2.47 bits per heavy atom. The van der Waals surface area contributed by atoms with E-state index in [-0.39, 0.29) is 25.9 Å². The molecule has 1 aliphatic heterocycles. The molecule has 1 heterocycles. The van der Waals surface area contributed by atoms with Crippen LogP contribution in [0.4, 0.5) is 9.59 Å². The Labute approximate surface area is 189 Å². The number of hydrogen-bond donors (Lipinski definition) is 4. The van der Waals surface area contributed by atoms with Crippen LogP contribution in [0, 0.1) is 0 Å². The van der Waals surface area contributed by atoms with E-state index in [2.05, 4.69) is 10.6 Å². The number of thioether (sulfide) groups is 1. The molecule has 2 rings (SSSR count). The van der Waals surface area contributed by atoms with E-state index >= 15 is 0 Å². The van der Waals surface area contributed by atoms with Gasteiger partial charge in [0.1, 0.15) is 24.7 Å². The number of ether oxygens (including phenoxy) is 1. The third-order valence-electron chi connectivity index (χ3n) is 4.81. The van der Waals surface area contributed by atoms with Gasteiger partial charge in [0.2, 0.25) is 11.8 Å². The molecule has 11 nitrogen and oxygen atoms in total. The van der Waals surface area contributed by atoms with E-state index in [4.69, 9.17) is 15.6 Å². The van der Waals surface area contributed by atoms with Crippen LogP contribution in [0.5, 0.6) is 0 Å². The Hall–Kier alpha value is -3.28. The standard InChI is InChI=1S/C20H26N4O7S/c1-32-10-9-14(18(28)22-13(17(21)27)7-8-16(25)26)23-19(29)24-15(11-31-20(24)30)12-5-3-2-4-6-12/h2-6,13-15H,7-11H2,1H3,(H2,21,27)(H,22,28)(H,23,29)(H,25,26)/t13-,14-,15+/m0/s1. The number of benzene rings is 1. The number of hydrogen-bond acceptors (Lipinski definition) is 7. The summed E-state index contributed by atoms with van der Waals surface area (Å²) in [5, 5.41) is 13.7. The molecule has 1 saturated heterocycles. The molecule has 1 aliphatic rings. The average Bonchev–Trinajstić information content (AvgIpc) is 3.15. The molecule has 1 aromatic rings. The number of carboxylic acids is 1. The molecule has 0 radical (unpaired) electrons. The third-order valence-corrected chi connectivity index (χ3v) is 5.45. The Kier molecular flexibility index (Phi) is 9.32. The van der Waals surface area contributed by atoms with Crippen LogP contribution in [0.1, 0.15) is 30.9 Å². The summed E-state index contributed by atoms with van der Waals surface area (Å²) in [6.45, 7) is -0.0170. The minimum Gasteiger partial charge on any atom is -0.481 e. The third kappa shape index (κ3) is 6.87. The van der Waals surface area contributed by atoms with E-state index in [9.17, 15) is 24.0 Å². The van der Waals surface area contributed by atoms with Crippen molar-refractivity contribution >= 4 is 41.7 Å². The maximum absolute atomic E-state index is 12.9. The summed E-state index contributed by atoms with van der Waals surface area (Å²) in [5.41, 5.74) is 5.96. The van der Waals surface area contributed by atoms with Gasteiger partial charge in [0.25, 0.3) is 0 Å². The van der Waals surface area contributed by atoms with Gasteiger partial charge in [-0.25, -0.2) is 14.5 Å². The van der Waals surface area contributed by atoms with Gasteiger partial charge < -0.3 is 26.2 Å². The molecule has 1 fully saturated rings. The van der Waals surface area contributed by atoms with E-state index < -0.39 is 48.0 Å². The predicted molar refractivity (Wildman–Crippen MR) is 116 cm³/mol. The molecule has 1 aromatic carbocycles. The maximum Gasteiger partial charge on any atom is 0.418 e. The Balaban J connectivity index is 2.13. The first-order chi connectivity index (χ1) is 15.2. The second kappa shape index (κ2) is 11.9. The molecule has 3 atom stereocenters. The van der Waals surface area contributed by atoms with Gasteiger partial charge in [0.15, 0.2) is 0 Å². The van der Waals surface area contributed by atoms with E-state index in [0.717, 1.165) is 4.90 Å². The topological polar surface area (TPSA) is 168 Å². The number of carbonyl (C=O) groups is 5. The highest BCUT2D eigenvalue weighted by Crippen LogP contribution is 2.27. The molecule has 5 N–H and O–H groups in total. The molecule has 0 bridgehead atoms. The number of carboxylic acid groups (broad SMARTS) is 1. The Bertz CT molecular complexity index is 852. The SMILES string of the molecule is CSCC[C@H](NC(=O)N1C(=O)OC[C@@H]1c1ccccc1)C(=O)N[C@@H](CCC(=O)O)C(N)=O. The summed E-state index contributed by atoms with van der Waals surface area (Å²) in [5.74, 6) is -2.23. The van der Waals surface area contributed by atoms with Crippen LogP contribution in [0.2, 0.25) is 0 Å². The minimum atomic E-state index is -1.21. The molecule has 12 heteroatoms. The van der Waals surface area contributed by atoms with Crippen molar-refractivity contribution in [1.82, 2.24) is 15.5 Å². The van der Waals surface area contributed by atoms with Gasteiger partial charge in [0.05, 0.1) is 0 Å². The van der Waals surface area contributed by atoms with Crippen molar-refractivity contribution < 1.29 is 33.8 Å². The normalized spacial score (nSPS) is 17.2. The zero-order chi connectivity index (χ0) is 23.7. The molecule has 174 valence electrons. The minimum absolute atomic E-state index is 0.0170. The van der Waals surface area contributed by atoms with Gasteiger partial charge in [0, 0.05) is 6.42 Å². The molecular formula is C20H26N4O7S. The predicted octanol–water partition coefficient (Wildman–Crippen LogP) is 0.846. The van der Waals surface area contributed by atoms with Crippen molar-refractivity contribution in [2.45, 2.75) is 37.4 Å². The van der Waals surface area contributed by atoms with Crippen molar-refractivity contribution in [3.8, 4) is 0 Å². The van der Waals surface area contributed by atoms with Crippen LogP contribution < -0.4 is 16.4 Å². The molecule has 5 amide bonds. The number of rotatable bonds is 11. The van der Waals surface area contributed by atoms with Crippen molar-refractivity contribution in [3.05, 3.63) is 35.9 Å². The van der Waals surface area contributed by atoms with E-state index in [1.54, 1.807) is 30.3 Å². The van der Waals surface area contributed by atoms with Crippen LogP contribution in [-0.4, -0.2) is 70.6 Å². The van der Waals surface area contributed by atoms with Crippen LogP contribution in [0.15, 0.2) is 30.3 Å². The van der Waals surface area contributed by atoms with E-state index in [1.165, 1.54) is 11.8 Å². The quantitative estimate of drug-likeness (QED) is 0.372. The molecule has 0 saturated carbocycles. The number of cyclic esters (lactones) is 1. The molecule has 0 unspecified atom stereocenters. The number of primary amides is 1. The van der Waals surface area contributed by atoms with Crippen molar-refractivity contribution in [1.29, 1.82) is 0 Å². The smallest absolute Gasteiger partial charge is 0.418 e. The summed E-state index contributed by atoms with van der Waals surface area (Å²) >= 11 is 1.44. The lowest BCUT2D eigenvalue weighted by Gasteiger charge is -2.25. The monoisotopic (exact) mass is 466 g/mol. The van der Waals surface area contributed by atoms with Crippen LogP contribution >= 0.6 is 11.8 Å². The molecule has 0 spiro atoms. The first-order valence-electron chi connectivity index (χ1n) is 9.86. The molecule has 32 heavy (non-hydrogen) atoms. The first kappa shape index (κ1) is 25.0. The van der Waals surface area contributed by atoms with Gasteiger partial charge in [-0.15, -0.1) is 0 Å². The average molecular weight is 467 g/mol. The number of urea groups is 1. The summed E-state index contributed by atoms with van der Waals surface area (Å²) < 4.78 is 5.03. The van der Waals surface area contributed by atoms with Gasteiger partial charge in [-0.3, -0.25) is 14.4 Å². The summed E-state index contributed by atoms with van der Waals surface area (Å²) in [6.07, 6.45) is 0.639. The van der Waals surface area contributed by atoms with Crippen LogP contribution in [0.3, 0.4) is 0 Å². The van der Waals surface area contributed by atoms with Crippen LogP contribution in [0.25, 0.3) is 0 Å². The largest absolute Gasteiger partial charge is 0.481 e. The van der Waals surface area contributed by atoms with Gasteiger partial charge in [-0.2, -0.15) is 11.8 Å². The molecule has 0 aliphatic carbocycles. The first-order valence-corrected chi connectivity index (χ1v) is 11.3. The lowest BCUT2D eigenvalue weighted by Crippen LogP contribution is -2.55. The Morgan fingerprint density at radius 1 is 1.19 bits per heavy atom. The summed E-state index contributed by atoms with van der Waals surface area (Å²) in [4.78, 5) is 61.2. The van der Waals surface area contributed by atoms with Gasteiger partial charge >= 0.3 is 18.1 Å². The van der Waals surface area contributed by atoms with Crippen LogP contribution in [-0.2, 0) is 19.1 Å². The fraction of sp³-hybridized carbons (Fsp3) is 0.450. The number of imide groups is 1. The number of nitrogens with one attached hydrogen (secondary N) is 2. The summed E-state index contributed by atoms with van der Waals surface area (Å²) in [6, 6.07) is 5.09. The van der Waals surface area contributed by atoms with Crippen molar-refractivity contribution in [2.24, 2.45) is 5.73 Å². The Morgan fingerprint density at radius 2 is 1.88 bits per heavy atom. The van der Waals surface area contributed by atoms with Gasteiger partial charge in [-0.05, 0) is 30.4 Å². The number of amides is 5. The highest BCUT2D eigenvalue weighted by Gasteiger charge is 2.40. The lowest BCUT2D eigenvalue weighted by atomic mass is 10.1. The summed E-state index contributed by atoms with van der Waals surface area (Å²) in [7, 11) is 0. The lowest BCUT2D eigenvalue weighted by molar-refractivity contribution is -0.137. The van der Waals surface area contributed by atoms with E-state index in [1.807, 2.05) is 6.26 Å². The fourth-order valence-electron chi connectivity index (χ4n) is 3.12. The molecule has 0 aromatic heterocycles. The second-order valence-corrected chi connectivity index (χ2v) is 8.04.